The van der Waals surface area contributed by atoms with Crippen molar-refractivity contribution in [2.45, 2.75) is 11.8 Å². The summed E-state index contributed by atoms with van der Waals surface area (Å²) < 4.78 is 29.8. The largest absolute Gasteiger partial charge is 0.508 e. The Morgan fingerprint density at radius 1 is 1.23 bits per heavy atom. The van der Waals surface area contributed by atoms with Gasteiger partial charge in [-0.05, 0) is 24.6 Å². The molecule has 0 heterocycles. The van der Waals surface area contributed by atoms with Crippen LogP contribution < -0.4 is 6.15 Å². The maximum atomic E-state index is 10.6. The predicted molar refractivity (Wildman–Crippen MR) is 47.7 cm³/mol. The molecule has 74 valence electrons. The van der Waals surface area contributed by atoms with Gasteiger partial charge in [0.2, 0.25) is 0 Å². The molecule has 0 aliphatic carbocycles. The van der Waals surface area contributed by atoms with E-state index in [-0.39, 0.29) is 16.8 Å². The van der Waals surface area contributed by atoms with E-state index in [9.17, 15) is 8.42 Å². The lowest BCUT2D eigenvalue weighted by molar-refractivity contribution is 0.465. The van der Waals surface area contributed by atoms with Gasteiger partial charge in [0.05, 0.1) is 4.90 Å². The number of hydrogen-bond acceptors (Lipinski definition) is 4. The van der Waals surface area contributed by atoms with Crippen LogP contribution in [0.1, 0.15) is 5.56 Å². The highest BCUT2D eigenvalue weighted by Crippen LogP contribution is 2.18. The maximum Gasteiger partial charge on any atom is 0.294 e. The summed E-state index contributed by atoms with van der Waals surface area (Å²) in [6, 6.07) is 3.66. The molecule has 0 saturated heterocycles. The van der Waals surface area contributed by atoms with E-state index in [1.165, 1.54) is 12.1 Å². The van der Waals surface area contributed by atoms with Gasteiger partial charge in [0.15, 0.2) is 0 Å². The Morgan fingerprint density at radius 2 is 1.77 bits per heavy atom. The van der Waals surface area contributed by atoms with E-state index in [1.54, 1.807) is 6.92 Å². The van der Waals surface area contributed by atoms with Crippen LogP contribution >= 0.6 is 0 Å². The molecule has 6 heteroatoms. The topological polar surface area (TPSA) is 110 Å². The third-order valence-electron chi connectivity index (χ3n) is 1.33. The summed E-state index contributed by atoms with van der Waals surface area (Å²) in [6.07, 6.45) is 0. The highest BCUT2D eigenvalue weighted by atomic mass is 32.2. The minimum Gasteiger partial charge on any atom is -0.508 e. The van der Waals surface area contributed by atoms with Gasteiger partial charge in [0.25, 0.3) is 10.1 Å². The maximum absolute atomic E-state index is 10.6. The van der Waals surface area contributed by atoms with Gasteiger partial charge >= 0.3 is 0 Å². The average Bonchev–Trinajstić information content (AvgIpc) is 1.82. The Morgan fingerprint density at radius 3 is 2.15 bits per heavy atom. The van der Waals surface area contributed by atoms with Crippen molar-refractivity contribution < 1.29 is 18.1 Å². The summed E-state index contributed by atoms with van der Waals surface area (Å²) >= 11 is 0. The van der Waals surface area contributed by atoms with E-state index >= 15 is 0 Å². The molecule has 0 radical (unpaired) electrons. The molecule has 0 aliphatic rings. The second-order valence-electron chi connectivity index (χ2n) is 2.48. The van der Waals surface area contributed by atoms with Crippen LogP contribution in [0.25, 0.3) is 0 Å². The molecule has 0 spiro atoms. The van der Waals surface area contributed by atoms with Crippen LogP contribution in [0.4, 0.5) is 0 Å². The molecule has 0 unspecified atom stereocenters. The Bertz CT molecular complexity index is 379. The molecular weight excluding hydrogens is 194 g/mol. The molecule has 0 atom stereocenters. The molecular formula is C7H11NO4S. The second kappa shape index (κ2) is 3.73. The van der Waals surface area contributed by atoms with Crippen LogP contribution in [0, 0.1) is 6.92 Å². The van der Waals surface area contributed by atoms with Gasteiger partial charge in [-0.25, -0.2) is 0 Å². The van der Waals surface area contributed by atoms with Crippen LogP contribution in [0.15, 0.2) is 23.1 Å². The van der Waals surface area contributed by atoms with Gasteiger partial charge in [0.1, 0.15) is 5.75 Å². The van der Waals surface area contributed by atoms with Gasteiger partial charge in [-0.1, -0.05) is 0 Å². The molecule has 5 N–H and O–H groups in total. The lowest BCUT2D eigenvalue weighted by Crippen LogP contribution is -1.97. The van der Waals surface area contributed by atoms with E-state index in [0.29, 0.717) is 5.56 Å². The highest BCUT2D eigenvalue weighted by Gasteiger charge is 2.10. The summed E-state index contributed by atoms with van der Waals surface area (Å²) in [5.74, 6) is -0.178. The molecule has 1 aromatic carbocycles. The normalized spacial score (nSPS) is 10.6. The standard InChI is InChI=1S/C7H8O4S.H3N/c1-5-2-6(8)4-7(3-5)12(9,10)11;/h2-4,8H,1H3,(H,9,10,11);1H3. The van der Waals surface area contributed by atoms with E-state index in [2.05, 4.69) is 0 Å². The molecule has 1 rings (SSSR count). The van der Waals surface area contributed by atoms with Crippen LogP contribution in [-0.4, -0.2) is 18.1 Å². The highest BCUT2D eigenvalue weighted by molar-refractivity contribution is 7.85. The van der Waals surface area contributed by atoms with E-state index in [0.717, 1.165) is 6.07 Å². The van der Waals surface area contributed by atoms with Crippen molar-refractivity contribution in [3.63, 3.8) is 0 Å². The Kier molecular flexibility index (Phi) is 3.42. The van der Waals surface area contributed by atoms with Crippen LogP contribution in [0.3, 0.4) is 0 Å². The first-order chi connectivity index (χ1) is 5.39. The van der Waals surface area contributed by atoms with Gasteiger partial charge in [0, 0.05) is 6.07 Å². The number of benzene rings is 1. The smallest absolute Gasteiger partial charge is 0.294 e. The lowest BCUT2D eigenvalue weighted by atomic mass is 10.2. The number of phenols is 1. The molecule has 1 aromatic rings. The SMILES string of the molecule is Cc1cc(O)cc(S(=O)(=O)O)c1.N. The van der Waals surface area contributed by atoms with E-state index in [1.807, 2.05) is 0 Å². The molecule has 13 heavy (non-hydrogen) atoms. The molecule has 0 fully saturated rings. The quantitative estimate of drug-likeness (QED) is 0.595. The fourth-order valence-corrected chi connectivity index (χ4v) is 1.48. The summed E-state index contributed by atoms with van der Waals surface area (Å²) in [7, 11) is -4.21. The van der Waals surface area contributed by atoms with Crippen molar-refractivity contribution in [3.8, 4) is 5.75 Å². The number of aryl methyl sites for hydroxylation is 1. The first kappa shape index (κ1) is 11.9. The van der Waals surface area contributed by atoms with Crippen LogP contribution in [0.2, 0.25) is 0 Å². The van der Waals surface area contributed by atoms with Gasteiger partial charge in [-0.15, -0.1) is 0 Å². The van der Waals surface area contributed by atoms with Gasteiger partial charge < -0.3 is 11.3 Å². The fourth-order valence-electron chi connectivity index (χ4n) is 0.877. The molecule has 0 bridgehead atoms. The van der Waals surface area contributed by atoms with Crippen molar-refractivity contribution in [2.24, 2.45) is 0 Å². The molecule has 0 saturated carbocycles. The van der Waals surface area contributed by atoms with Gasteiger partial charge in [-0.3, -0.25) is 4.55 Å². The van der Waals surface area contributed by atoms with Crippen molar-refractivity contribution in [2.75, 3.05) is 0 Å². The summed E-state index contributed by atoms with van der Waals surface area (Å²) in [4.78, 5) is -0.292. The zero-order valence-electron chi connectivity index (χ0n) is 7.06. The minimum absolute atomic E-state index is 0. The van der Waals surface area contributed by atoms with E-state index < -0.39 is 10.1 Å². The second-order valence-corrected chi connectivity index (χ2v) is 3.90. The number of hydrogen-bond donors (Lipinski definition) is 3. The molecule has 0 aromatic heterocycles. The van der Waals surface area contributed by atoms with Crippen LogP contribution in [-0.2, 0) is 10.1 Å². The first-order valence-corrected chi connectivity index (χ1v) is 4.62. The summed E-state index contributed by atoms with van der Waals surface area (Å²) in [5, 5.41) is 8.98. The number of rotatable bonds is 1. The first-order valence-electron chi connectivity index (χ1n) is 3.18. The predicted octanol–water partition coefficient (Wildman–Crippen LogP) is 1.11. The Labute approximate surface area is 76.4 Å². The molecule has 5 nitrogen and oxygen atoms in total. The number of aromatic hydroxyl groups is 1. The Balaban J connectivity index is 0.00000144. The van der Waals surface area contributed by atoms with Crippen molar-refractivity contribution in [3.05, 3.63) is 23.8 Å². The average molecular weight is 205 g/mol. The zero-order valence-corrected chi connectivity index (χ0v) is 7.87. The zero-order chi connectivity index (χ0) is 9.35. The summed E-state index contributed by atoms with van der Waals surface area (Å²) in [6.45, 7) is 1.62. The van der Waals surface area contributed by atoms with Gasteiger partial charge in [-0.2, -0.15) is 8.42 Å². The fraction of sp³-hybridized carbons (Fsp3) is 0.143. The summed E-state index contributed by atoms with van der Waals surface area (Å²) in [5.41, 5.74) is 0.572. The Hall–Kier alpha value is -1.11. The van der Waals surface area contributed by atoms with Crippen molar-refractivity contribution in [1.29, 1.82) is 0 Å². The van der Waals surface area contributed by atoms with Crippen LogP contribution in [0.5, 0.6) is 5.75 Å². The third-order valence-corrected chi connectivity index (χ3v) is 2.16. The molecule has 0 amide bonds. The molecule has 0 aliphatic heterocycles. The third kappa shape index (κ3) is 3.02. The lowest BCUT2D eigenvalue weighted by Gasteiger charge is -1.99. The van der Waals surface area contributed by atoms with Crippen molar-refractivity contribution in [1.82, 2.24) is 6.15 Å². The van der Waals surface area contributed by atoms with E-state index in [4.69, 9.17) is 9.66 Å². The number of phenolic OH excluding ortho intramolecular Hbond substituents is 1. The van der Waals surface area contributed by atoms with Crippen molar-refractivity contribution >= 4 is 10.1 Å². The minimum atomic E-state index is -4.21. The monoisotopic (exact) mass is 205 g/mol.